The minimum atomic E-state index is -0.497. The Morgan fingerprint density at radius 1 is 1.67 bits per heavy atom. The summed E-state index contributed by atoms with van der Waals surface area (Å²) in [4.78, 5) is 10.2. The maximum absolute atomic E-state index is 10.2. The third-order valence-electron chi connectivity index (χ3n) is 1.44. The lowest BCUT2D eigenvalue weighted by molar-refractivity contribution is -0.121. The lowest BCUT2D eigenvalue weighted by Gasteiger charge is -2.05. The third kappa shape index (κ3) is 1.50. The molecule has 9 heavy (non-hydrogen) atoms. The van der Waals surface area contributed by atoms with Crippen molar-refractivity contribution < 1.29 is 14.6 Å². The number of rotatable bonds is 4. The van der Waals surface area contributed by atoms with E-state index < -0.39 is 5.60 Å². The zero-order valence-electron chi connectivity index (χ0n) is 5.17. The summed E-state index contributed by atoms with van der Waals surface area (Å²) in [5, 5.41) is 8.31. The molecule has 3 heteroatoms. The minimum absolute atomic E-state index is 0.00438. The second-order valence-corrected chi connectivity index (χ2v) is 2.25. The van der Waals surface area contributed by atoms with Crippen LogP contribution in [0.1, 0.15) is 12.8 Å². The van der Waals surface area contributed by atoms with Crippen LogP contribution in [0, 0.1) is 0 Å². The summed E-state index contributed by atoms with van der Waals surface area (Å²) in [5.74, 6) is 0. The fraction of sp³-hybridized carbons (Fsp3) is 0.833. The molecule has 1 rings (SSSR count). The smallest absolute Gasteiger partial charge is 0.151 e. The number of aldehydes is 1. The molecule has 1 aliphatic rings. The van der Waals surface area contributed by atoms with Gasteiger partial charge in [-0.2, -0.15) is 0 Å². The summed E-state index contributed by atoms with van der Waals surface area (Å²) in [5.41, 5.74) is -0.497. The normalized spacial score (nSPS) is 21.4. The molecule has 1 N–H and O–H groups in total. The topological polar surface area (TPSA) is 46.5 Å². The summed E-state index contributed by atoms with van der Waals surface area (Å²) in [7, 11) is 0. The van der Waals surface area contributed by atoms with Crippen molar-refractivity contribution in [1.29, 1.82) is 0 Å². The minimum Gasteiger partial charge on any atom is -0.394 e. The van der Waals surface area contributed by atoms with E-state index in [4.69, 9.17) is 9.84 Å². The molecule has 0 aliphatic heterocycles. The van der Waals surface area contributed by atoms with Crippen LogP contribution >= 0.6 is 0 Å². The summed E-state index contributed by atoms with van der Waals surface area (Å²) in [6, 6.07) is 0. The molecular formula is C6H10O3. The molecule has 0 unspecified atom stereocenters. The number of carbonyl (C=O) groups is 1. The molecule has 1 fully saturated rings. The second-order valence-electron chi connectivity index (χ2n) is 2.25. The van der Waals surface area contributed by atoms with Crippen molar-refractivity contribution >= 4 is 6.29 Å². The Morgan fingerprint density at radius 3 is 2.67 bits per heavy atom. The van der Waals surface area contributed by atoms with Crippen molar-refractivity contribution in [2.45, 2.75) is 18.4 Å². The van der Waals surface area contributed by atoms with E-state index in [2.05, 4.69) is 0 Å². The van der Waals surface area contributed by atoms with E-state index in [1.807, 2.05) is 0 Å². The molecule has 0 aromatic carbocycles. The molecule has 3 nitrogen and oxygen atoms in total. The molecular weight excluding hydrogens is 120 g/mol. The number of carbonyl (C=O) groups excluding carboxylic acids is 1. The van der Waals surface area contributed by atoms with Gasteiger partial charge in [0.1, 0.15) is 5.60 Å². The van der Waals surface area contributed by atoms with Gasteiger partial charge in [-0.15, -0.1) is 0 Å². The molecule has 1 aliphatic carbocycles. The van der Waals surface area contributed by atoms with Gasteiger partial charge in [-0.3, -0.25) is 0 Å². The Hall–Kier alpha value is -0.410. The first-order valence-corrected chi connectivity index (χ1v) is 3.04. The average molecular weight is 130 g/mol. The van der Waals surface area contributed by atoms with Crippen LogP contribution in [0.2, 0.25) is 0 Å². The van der Waals surface area contributed by atoms with Gasteiger partial charge in [-0.25, -0.2) is 0 Å². The van der Waals surface area contributed by atoms with Gasteiger partial charge in [0.2, 0.25) is 0 Å². The Bertz CT molecular complexity index is 107. The van der Waals surface area contributed by atoms with Crippen molar-refractivity contribution in [3.05, 3.63) is 0 Å². The van der Waals surface area contributed by atoms with E-state index in [0.29, 0.717) is 0 Å². The largest absolute Gasteiger partial charge is 0.394 e. The first-order valence-electron chi connectivity index (χ1n) is 3.04. The van der Waals surface area contributed by atoms with E-state index >= 15 is 0 Å². The third-order valence-corrected chi connectivity index (χ3v) is 1.44. The summed E-state index contributed by atoms with van der Waals surface area (Å²) in [6.45, 7) is 0.272. The van der Waals surface area contributed by atoms with Gasteiger partial charge >= 0.3 is 0 Å². The van der Waals surface area contributed by atoms with Crippen LogP contribution < -0.4 is 0 Å². The molecule has 0 saturated heterocycles. The molecule has 1 saturated carbocycles. The second kappa shape index (κ2) is 2.45. The molecule has 0 aromatic heterocycles. The van der Waals surface area contributed by atoms with E-state index in [1.54, 1.807) is 0 Å². The van der Waals surface area contributed by atoms with Crippen LogP contribution in [-0.4, -0.2) is 30.2 Å². The number of hydrogen-bond donors (Lipinski definition) is 1. The first kappa shape index (κ1) is 6.71. The number of hydrogen-bond acceptors (Lipinski definition) is 3. The first-order chi connectivity index (χ1) is 4.33. The van der Waals surface area contributed by atoms with Crippen LogP contribution in [0.5, 0.6) is 0 Å². The quantitative estimate of drug-likeness (QED) is 0.533. The van der Waals surface area contributed by atoms with E-state index in [-0.39, 0.29) is 13.2 Å². The van der Waals surface area contributed by atoms with Gasteiger partial charge in [-0.05, 0) is 12.8 Å². The molecule has 0 bridgehead atoms. The van der Waals surface area contributed by atoms with Crippen molar-refractivity contribution in [2.24, 2.45) is 0 Å². The van der Waals surface area contributed by atoms with E-state index in [9.17, 15) is 4.79 Å². The standard InChI is InChI=1S/C6H10O3/c7-3-4-9-6(5-8)1-2-6/h5,7H,1-4H2. The average Bonchev–Trinajstić information content (AvgIpc) is 2.65. The molecule has 0 radical (unpaired) electrons. The molecule has 0 spiro atoms. The Kier molecular flexibility index (Phi) is 1.83. The molecule has 0 atom stereocenters. The Morgan fingerprint density at radius 2 is 2.33 bits per heavy atom. The Labute approximate surface area is 53.6 Å². The van der Waals surface area contributed by atoms with Crippen molar-refractivity contribution in [3.8, 4) is 0 Å². The molecule has 0 aromatic rings. The van der Waals surface area contributed by atoms with Gasteiger partial charge in [-0.1, -0.05) is 0 Å². The van der Waals surface area contributed by atoms with Crippen LogP contribution in [0.15, 0.2) is 0 Å². The van der Waals surface area contributed by atoms with Crippen LogP contribution in [-0.2, 0) is 9.53 Å². The van der Waals surface area contributed by atoms with E-state index in [0.717, 1.165) is 19.1 Å². The summed E-state index contributed by atoms with van der Waals surface area (Å²) < 4.78 is 5.02. The van der Waals surface area contributed by atoms with E-state index in [1.165, 1.54) is 0 Å². The van der Waals surface area contributed by atoms with Crippen molar-refractivity contribution in [3.63, 3.8) is 0 Å². The predicted octanol–water partition coefficient (Wildman–Crippen LogP) is -0.273. The number of ether oxygens (including phenoxy) is 1. The fourth-order valence-corrected chi connectivity index (χ4v) is 0.668. The molecule has 0 amide bonds. The van der Waals surface area contributed by atoms with Gasteiger partial charge in [0.05, 0.1) is 13.2 Å². The zero-order chi connectivity index (χ0) is 6.74. The SMILES string of the molecule is O=CC1(OCCO)CC1. The highest BCUT2D eigenvalue weighted by molar-refractivity contribution is 5.66. The zero-order valence-corrected chi connectivity index (χ0v) is 5.17. The van der Waals surface area contributed by atoms with Crippen molar-refractivity contribution in [1.82, 2.24) is 0 Å². The van der Waals surface area contributed by atoms with Crippen LogP contribution in [0.25, 0.3) is 0 Å². The van der Waals surface area contributed by atoms with Gasteiger partial charge in [0.25, 0.3) is 0 Å². The fourth-order valence-electron chi connectivity index (χ4n) is 0.668. The van der Waals surface area contributed by atoms with Crippen molar-refractivity contribution in [2.75, 3.05) is 13.2 Å². The predicted molar refractivity (Wildman–Crippen MR) is 31.1 cm³/mol. The highest BCUT2D eigenvalue weighted by Crippen LogP contribution is 2.36. The monoisotopic (exact) mass is 130 g/mol. The lowest BCUT2D eigenvalue weighted by Crippen LogP contribution is -2.17. The Balaban J connectivity index is 2.17. The maximum atomic E-state index is 10.2. The summed E-state index contributed by atoms with van der Waals surface area (Å²) >= 11 is 0. The highest BCUT2D eigenvalue weighted by Gasteiger charge is 2.43. The van der Waals surface area contributed by atoms with Gasteiger partial charge in [0, 0.05) is 0 Å². The number of aliphatic hydroxyl groups excluding tert-OH is 1. The maximum Gasteiger partial charge on any atom is 0.151 e. The highest BCUT2D eigenvalue weighted by atomic mass is 16.5. The molecule has 0 heterocycles. The van der Waals surface area contributed by atoms with Gasteiger partial charge < -0.3 is 14.6 Å². The van der Waals surface area contributed by atoms with Gasteiger partial charge in [0.15, 0.2) is 6.29 Å². The summed E-state index contributed by atoms with van der Waals surface area (Å²) in [6.07, 6.45) is 2.45. The number of aliphatic hydroxyl groups is 1. The molecule has 52 valence electrons. The van der Waals surface area contributed by atoms with Crippen LogP contribution in [0.4, 0.5) is 0 Å². The van der Waals surface area contributed by atoms with Crippen LogP contribution in [0.3, 0.4) is 0 Å². The lowest BCUT2D eigenvalue weighted by atomic mass is 10.4.